The highest BCUT2D eigenvalue weighted by Crippen LogP contribution is 2.19. The van der Waals surface area contributed by atoms with Crippen LogP contribution >= 0.6 is 0 Å². The number of aliphatic carboxylic acids is 1. The smallest absolute Gasteiger partial charge is 0.323 e. The van der Waals surface area contributed by atoms with E-state index in [0.717, 1.165) is 12.1 Å². The molecule has 2 amide bonds. The zero-order chi connectivity index (χ0) is 19.3. The van der Waals surface area contributed by atoms with Gasteiger partial charge in [0.2, 0.25) is 11.8 Å². The van der Waals surface area contributed by atoms with Gasteiger partial charge >= 0.3 is 5.97 Å². The summed E-state index contributed by atoms with van der Waals surface area (Å²) in [6.07, 6.45) is 1.51. The van der Waals surface area contributed by atoms with Gasteiger partial charge in [0.05, 0.1) is 6.42 Å². The molecule has 1 aromatic rings. The van der Waals surface area contributed by atoms with Gasteiger partial charge in [0.1, 0.15) is 18.2 Å². The first-order chi connectivity index (χ1) is 12.3. The number of carboxylic acid groups (broad SMARTS) is 1. The second kappa shape index (κ2) is 8.73. The average Bonchev–Trinajstić information content (AvgIpc) is 2.80. The number of likely N-dealkylation sites (tertiary alicyclic amines) is 1. The second-order valence-corrected chi connectivity index (χ2v) is 6.42. The number of rotatable bonds is 5. The lowest BCUT2D eigenvalue weighted by molar-refractivity contribution is -0.145. The molecule has 1 N–H and O–H groups in total. The number of halogens is 2. The third-order valence-corrected chi connectivity index (χ3v) is 4.56. The maximum Gasteiger partial charge on any atom is 0.323 e. The SMILES string of the molecule is CC(=O)N(CC(=O)O)C1CCCN(C(=O)Cc2ccc(F)cc2F)CC1. The Bertz CT molecular complexity index is 696. The third kappa shape index (κ3) is 5.24. The quantitative estimate of drug-likeness (QED) is 0.860. The summed E-state index contributed by atoms with van der Waals surface area (Å²) in [5.41, 5.74) is 0.133. The van der Waals surface area contributed by atoms with E-state index in [2.05, 4.69) is 0 Å². The van der Waals surface area contributed by atoms with Gasteiger partial charge in [-0.05, 0) is 30.9 Å². The average molecular weight is 368 g/mol. The number of carbonyl (C=O) groups is 3. The molecule has 1 aliphatic heterocycles. The first-order valence-corrected chi connectivity index (χ1v) is 8.48. The first-order valence-electron chi connectivity index (χ1n) is 8.48. The number of benzene rings is 1. The molecule has 0 aliphatic carbocycles. The number of carbonyl (C=O) groups excluding carboxylic acids is 2. The molecule has 1 atom stereocenters. The number of nitrogens with zero attached hydrogens (tertiary/aromatic N) is 2. The van der Waals surface area contributed by atoms with Gasteiger partial charge in [-0.15, -0.1) is 0 Å². The molecule has 1 aliphatic rings. The van der Waals surface area contributed by atoms with Crippen molar-refractivity contribution >= 4 is 17.8 Å². The van der Waals surface area contributed by atoms with Crippen molar-refractivity contribution in [2.24, 2.45) is 0 Å². The van der Waals surface area contributed by atoms with E-state index in [4.69, 9.17) is 5.11 Å². The highest BCUT2D eigenvalue weighted by Gasteiger charge is 2.27. The molecule has 1 heterocycles. The molecular weight excluding hydrogens is 346 g/mol. The van der Waals surface area contributed by atoms with Crippen molar-refractivity contribution in [1.29, 1.82) is 0 Å². The molecule has 8 heteroatoms. The number of amides is 2. The van der Waals surface area contributed by atoms with Crippen LogP contribution in [0.3, 0.4) is 0 Å². The maximum atomic E-state index is 13.7. The second-order valence-electron chi connectivity index (χ2n) is 6.42. The molecule has 142 valence electrons. The number of hydrogen-bond donors (Lipinski definition) is 1. The minimum Gasteiger partial charge on any atom is -0.480 e. The minimum atomic E-state index is -1.08. The zero-order valence-electron chi connectivity index (χ0n) is 14.6. The van der Waals surface area contributed by atoms with Crippen molar-refractivity contribution in [3.8, 4) is 0 Å². The summed E-state index contributed by atoms with van der Waals surface area (Å²) in [6, 6.07) is 2.87. The van der Waals surface area contributed by atoms with E-state index >= 15 is 0 Å². The summed E-state index contributed by atoms with van der Waals surface area (Å²) >= 11 is 0. The van der Waals surface area contributed by atoms with E-state index in [-0.39, 0.29) is 36.4 Å². The van der Waals surface area contributed by atoms with Crippen LogP contribution in [0.2, 0.25) is 0 Å². The molecule has 0 radical (unpaired) electrons. The molecule has 1 aromatic carbocycles. The molecule has 1 saturated heterocycles. The Morgan fingerprint density at radius 2 is 1.96 bits per heavy atom. The molecule has 6 nitrogen and oxygen atoms in total. The summed E-state index contributed by atoms with van der Waals surface area (Å²) in [7, 11) is 0. The van der Waals surface area contributed by atoms with Crippen molar-refractivity contribution in [1.82, 2.24) is 9.80 Å². The molecule has 1 fully saturated rings. The summed E-state index contributed by atoms with van der Waals surface area (Å²) in [4.78, 5) is 38.0. The van der Waals surface area contributed by atoms with Gasteiger partial charge in [0, 0.05) is 32.1 Å². The van der Waals surface area contributed by atoms with Crippen LogP contribution in [0.15, 0.2) is 18.2 Å². The summed E-state index contributed by atoms with van der Waals surface area (Å²) in [5.74, 6) is -3.12. The van der Waals surface area contributed by atoms with Gasteiger partial charge < -0.3 is 14.9 Å². The van der Waals surface area contributed by atoms with Crippen LogP contribution in [0.4, 0.5) is 8.78 Å². The molecule has 0 bridgehead atoms. The van der Waals surface area contributed by atoms with Gasteiger partial charge in [-0.25, -0.2) is 8.78 Å². The highest BCUT2D eigenvalue weighted by atomic mass is 19.1. The van der Waals surface area contributed by atoms with Gasteiger partial charge in [0.25, 0.3) is 0 Å². The lowest BCUT2D eigenvalue weighted by Gasteiger charge is -2.28. The summed E-state index contributed by atoms with van der Waals surface area (Å²) in [5, 5.41) is 8.96. The number of carboxylic acids is 1. The molecule has 0 saturated carbocycles. The zero-order valence-corrected chi connectivity index (χ0v) is 14.6. The fraction of sp³-hybridized carbons (Fsp3) is 0.500. The van der Waals surface area contributed by atoms with Crippen LogP contribution in [0.1, 0.15) is 31.7 Å². The van der Waals surface area contributed by atoms with Gasteiger partial charge in [-0.3, -0.25) is 14.4 Å². The van der Waals surface area contributed by atoms with Crippen molar-refractivity contribution in [3.63, 3.8) is 0 Å². The monoisotopic (exact) mass is 368 g/mol. The lowest BCUT2D eigenvalue weighted by Crippen LogP contribution is -2.43. The van der Waals surface area contributed by atoms with Crippen LogP contribution in [0.25, 0.3) is 0 Å². The fourth-order valence-electron chi connectivity index (χ4n) is 3.22. The lowest BCUT2D eigenvalue weighted by atomic mass is 10.1. The van der Waals surface area contributed by atoms with E-state index in [9.17, 15) is 23.2 Å². The summed E-state index contributed by atoms with van der Waals surface area (Å²) in [6.45, 7) is 1.77. The Balaban J connectivity index is 1.99. The van der Waals surface area contributed by atoms with Crippen LogP contribution in [-0.4, -0.2) is 58.4 Å². The van der Waals surface area contributed by atoms with E-state index in [1.165, 1.54) is 17.9 Å². The molecular formula is C18H22F2N2O4. The maximum absolute atomic E-state index is 13.7. The van der Waals surface area contributed by atoms with Crippen LogP contribution < -0.4 is 0 Å². The van der Waals surface area contributed by atoms with Crippen molar-refractivity contribution in [3.05, 3.63) is 35.4 Å². The Morgan fingerprint density at radius 3 is 2.58 bits per heavy atom. The van der Waals surface area contributed by atoms with E-state index in [1.807, 2.05) is 0 Å². The Morgan fingerprint density at radius 1 is 1.23 bits per heavy atom. The van der Waals surface area contributed by atoms with Crippen molar-refractivity contribution < 1.29 is 28.3 Å². The normalized spacial score (nSPS) is 17.5. The molecule has 0 aromatic heterocycles. The molecule has 1 unspecified atom stereocenters. The topological polar surface area (TPSA) is 77.9 Å². The highest BCUT2D eigenvalue weighted by molar-refractivity contribution is 5.80. The van der Waals surface area contributed by atoms with Crippen molar-refractivity contribution in [2.45, 2.75) is 38.6 Å². The van der Waals surface area contributed by atoms with E-state index in [1.54, 1.807) is 4.90 Å². The standard InChI is InChI=1S/C18H22F2N2O4/c1-12(23)22(11-18(25)26)15-3-2-7-21(8-6-15)17(24)9-13-4-5-14(19)10-16(13)20/h4-5,10,15H,2-3,6-9,11H2,1H3,(H,25,26). The first kappa shape index (κ1) is 19.8. The summed E-state index contributed by atoms with van der Waals surface area (Å²) < 4.78 is 26.7. The van der Waals surface area contributed by atoms with E-state index in [0.29, 0.717) is 32.4 Å². The largest absolute Gasteiger partial charge is 0.480 e. The molecule has 2 rings (SSSR count). The van der Waals surface area contributed by atoms with Gasteiger partial charge in [0.15, 0.2) is 0 Å². The van der Waals surface area contributed by atoms with Crippen LogP contribution in [0.5, 0.6) is 0 Å². The third-order valence-electron chi connectivity index (χ3n) is 4.56. The predicted octanol–water partition coefficient (Wildman–Crippen LogP) is 1.82. The van der Waals surface area contributed by atoms with Gasteiger partial charge in [-0.2, -0.15) is 0 Å². The Hall–Kier alpha value is -2.51. The Labute approximate surface area is 150 Å². The minimum absolute atomic E-state index is 0.133. The molecule has 0 spiro atoms. The number of hydrogen-bond acceptors (Lipinski definition) is 3. The Kier molecular flexibility index (Phi) is 6.65. The van der Waals surface area contributed by atoms with E-state index < -0.39 is 17.6 Å². The fourth-order valence-corrected chi connectivity index (χ4v) is 3.22. The predicted molar refractivity (Wildman–Crippen MR) is 89.3 cm³/mol. The van der Waals surface area contributed by atoms with Crippen molar-refractivity contribution in [2.75, 3.05) is 19.6 Å². The van der Waals surface area contributed by atoms with Crippen LogP contribution in [-0.2, 0) is 20.8 Å². The van der Waals surface area contributed by atoms with Gasteiger partial charge in [-0.1, -0.05) is 6.07 Å². The van der Waals surface area contributed by atoms with Crippen LogP contribution in [0, 0.1) is 11.6 Å². The molecule has 26 heavy (non-hydrogen) atoms.